The highest BCUT2D eigenvalue weighted by molar-refractivity contribution is 7.86. The van der Waals surface area contributed by atoms with Crippen LogP contribution >= 0.6 is 33.7 Å². The quantitative estimate of drug-likeness (QED) is 0.0627. The van der Waals surface area contributed by atoms with Crippen LogP contribution in [0.3, 0.4) is 0 Å². The molecule has 0 N–H and O–H groups in total. The lowest BCUT2D eigenvalue weighted by Crippen LogP contribution is -2.50. The molecular weight excluding hydrogens is 1110 g/mol. The number of carbonyl (C=O) groups is 2. The van der Waals surface area contributed by atoms with Crippen LogP contribution in [-0.2, 0) is 36.3 Å². The summed E-state index contributed by atoms with van der Waals surface area (Å²) in [7, 11) is -7.88. The zero-order valence-electron chi connectivity index (χ0n) is 43.4. The first-order chi connectivity index (χ1) is 36.3. The highest BCUT2D eigenvalue weighted by Gasteiger charge is 2.49. The van der Waals surface area contributed by atoms with Crippen LogP contribution in [0.25, 0.3) is 31.5 Å². The number of likely N-dealkylation sites (tertiary alicyclic amines) is 2. The lowest BCUT2D eigenvalue weighted by molar-refractivity contribution is -0.0863. The molecule has 0 bridgehead atoms. The summed E-state index contributed by atoms with van der Waals surface area (Å²) in [6, 6.07) is 33.4. The van der Waals surface area contributed by atoms with Crippen LogP contribution in [0.15, 0.2) is 115 Å². The number of carbonyl (C=O) groups excluding carboxylic acids is 2. The predicted octanol–water partition coefficient (Wildman–Crippen LogP) is 15.1. The van der Waals surface area contributed by atoms with E-state index in [1.807, 2.05) is 90.2 Å². The van der Waals surface area contributed by atoms with Gasteiger partial charge in [-0.2, -0.15) is 13.2 Å². The van der Waals surface area contributed by atoms with Crippen molar-refractivity contribution in [1.82, 2.24) is 18.9 Å². The van der Waals surface area contributed by atoms with Gasteiger partial charge < -0.3 is 42.4 Å². The molecule has 23 heteroatoms. The molecule has 4 aromatic carbocycles. The molecule has 7 aromatic rings. The van der Waals surface area contributed by atoms with Gasteiger partial charge in [-0.15, -0.1) is 13.2 Å². The van der Waals surface area contributed by atoms with Gasteiger partial charge in [0.15, 0.2) is 30.7 Å². The number of rotatable bonds is 0. The van der Waals surface area contributed by atoms with E-state index in [4.69, 9.17) is 55.1 Å². The van der Waals surface area contributed by atoms with Crippen LogP contribution in [0.2, 0.25) is 10.0 Å². The fraction of sp³-hybridized carbons (Fsp3) is 0.382. The van der Waals surface area contributed by atoms with E-state index in [1.54, 1.807) is 58.3 Å². The Bertz CT molecular complexity index is 3420. The molecule has 4 aliphatic rings. The van der Waals surface area contributed by atoms with Crippen molar-refractivity contribution in [1.29, 1.82) is 0 Å². The number of benzene rings is 4. The normalized spacial score (nSPS) is 16.4. The zero-order valence-corrected chi connectivity index (χ0v) is 46.6. The largest absolute Gasteiger partial charge is 0.741 e. The first-order valence-corrected chi connectivity index (χ1v) is 28.0. The van der Waals surface area contributed by atoms with Crippen molar-refractivity contribution in [2.45, 2.75) is 108 Å². The molecule has 2 spiro atoms. The van der Waals surface area contributed by atoms with Crippen molar-refractivity contribution in [2.75, 3.05) is 26.2 Å². The Kier molecular flexibility index (Phi) is 16.0. The molecule has 418 valence electrons. The molecule has 2 fully saturated rings. The summed E-state index contributed by atoms with van der Waals surface area (Å²) in [5.41, 5.74) is -6.31. The van der Waals surface area contributed by atoms with Crippen molar-refractivity contribution in [3.63, 3.8) is 0 Å². The maximum atomic E-state index is 13.1. The molecule has 13 nitrogen and oxygen atoms in total. The number of aromatic nitrogens is 2. The van der Waals surface area contributed by atoms with Gasteiger partial charge >= 0.3 is 23.2 Å². The molecule has 4 aliphatic heterocycles. The van der Waals surface area contributed by atoms with E-state index in [-0.39, 0.29) is 12.2 Å². The lowest BCUT2D eigenvalue weighted by Gasteiger charge is -2.45. The Morgan fingerprint density at radius 2 is 1.04 bits per heavy atom. The highest BCUT2D eigenvalue weighted by Crippen LogP contribution is 2.54. The molecular formula is C55H56Cl2F6N4O9S2. The van der Waals surface area contributed by atoms with Gasteiger partial charge in [-0.25, -0.2) is 18.0 Å². The number of hydrogen-bond donors (Lipinski definition) is 0. The number of aryl methyl sites for hydroxylation is 1. The van der Waals surface area contributed by atoms with Crippen molar-refractivity contribution >= 4 is 76.1 Å². The molecule has 0 radical (unpaired) electrons. The van der Waals surface area contributed by atoms with E-state index in [2.05, 4.69) is 34.3 Å². The van der Waals surface area contributed by atoms with Crippen LogP contribution < -0.4 is 9.47 Å². The average Bonchev–Trinajstić information content (AvgIpc) is 4.09. The number of fused-ring (bicyclic) bond motifs is 11. The Balaban J connectivity index is 0.000000147. The van der Waals surface area contributed by atoms with Gasteiger partial charge in [0.1, 0.15) is 33.2 Å². The van der Waals surface area contributed by atoms with Crippen molar-refractivity contribution in [2.24, 2.45) is 0 Å². The number of halogens is 8. The molecule has 0 aliphatic carbocycles. The van der Waals surface area contributed by atoms with Gasteiger partial charge in [0, 0.05) is 96.7 Å². The number of amides is 2. The second kappa shape index (κ2) is 21.5. The lowest BCUT2D eigenvalue weighted by atomic mass is 9.86. The fourth-order valence-corrected chi connectivity index (χ4v) is 12.1. The number of hydrogen-bond acceptors (Lipinski definition) is 9. The van der Waals surface area contributed by atoms with Crippen molar-refractivity contribution < 1.29 is 67.8 Å². The number of ether oxygens (including phenoxy) is 4. The molecule has 78 heavy (non-hydrogen) atoms. The monoisotopic (exact) mass is 1160 g/mol. The van der Waals surface area contributed by atoms with Crippen LogP contribution in [0.5, 0.6) is 11.5 Å². The summed E-state index contributed by atoms with van der Waals surface area (Å²) in [6.07, 6.45) is 4.37. The van der Waals surface area contributed by atoms with Crippen LogP contribution in [-0.4, -0.2) is 87.0 Å². The molecule has 0 unspecified atom stereocenters. The Hall–Kier alpha value is -6.13. The maximum absolute atomic E-state index is 13.1. The van der Waals surface area contributed by atoms with Gasteiger partial charge in [0.05, 0.1) is 22.8 Å². The number of alkyl halides is 6. The first-order valence-electron chi connectivity index (χ1n) is 24.6. The van der Waals surface area contributed by atoms with Crippen LogP contribution in [0.4, 0.5) is 35.9 Å². The van der Waals surface area contributed by atoms with E-state index in [0.29, 0.717) is 82.1 Å². The molecule has 2 saturated heterocycles. The SMILES string of the molecule is CC(C)(C)OC(=O)N1CCC2(CC1)Oc1cc(Cl)ccc1-n1cccc12.Cc1ccc2n1-c1ccc(Cl)cc1OC21CCN(C(=O)OC(C)(C)C)CC1.FC(F)(F)[s+]1c2ccccc2c2ccccc21.O=S(=O)([O-])C(F)(F)F. The Labute approximate surface area is 459 Å². The van der Waals surface area contributed by atoms with Crippen LogP contribution in [0, 0.1) is 6.92 Å². The second-order valence-electron chi connectivity index (χ2n) is 21.0. The third-order valence-electron chi connectivity index (χ3n) is 13.2. The van der Waals surface area contributed by atoms with Crippen molar-refractivity contribution in [3.05, 3.63) is 143 Å². The van der Waals surface area contributed by atoms with Gasteiger partial charge in [-0.05, 0) is 121 Å². The minimum Gasteiger partial charge on any atom is -0.741 e. The van der Waals surface area contributed by atoms with Gasteiger partial charge in [-0.3, -0.25) is 0 Å². The topological polar surface area (TPSA) is 145 Å². The third kappa shape index (κ3) is 12.3. The van der Waals surface area contributed by atoms with E-state index in [0.717, 1.165) is 40.0 Å². The summed E-state index contributed by atoms with van der Waals surface area (Å²) >= 11 is 12.4. The average molecular weight is 1170 g/mol. The number of thiophene rings is 1. The third-order valence-corrected chi connectivity index (χ3v) is 16.3. The first kappa shape index (κ1) is 58.0. The predicted molar refractivity (Wildman–Crippen MR) is 286 cm³/mol. The molecule has 2 amide bonds. The summed E-state index contributed by atoms with van der Waals surface area (Å²) in [5, 5.41) is 2.73. The summed E-state index contributed by atoms with van der Waals surface area (Å²) in [4.78, 5) is 28.3. The Morgan fingerprint density at radius 3 is 1.47 bits per heavy atom. The van der Waals surface area contributed by atoms with E-state index < -0.39 is 54.0 Å². The minimum atomic E-state index is -6.09. The summed E-state index contributed by atoms with van der Waals surface area (Å²) in [6.45, 7) is 15.8. The fourth-order valence-electron chi connectivity index (χ4n) is 9.80. The van der Waals surface area contributed by atoms with Gasteiger partial charge in [0.25, 0.3) is 0 Å². The Morgan fingerprint density at radius 1 is 0.615 bits per heavy atom. The number of nitrogens with zero attached hydrogens (tertiary/aromatic N) is 4. The van der Waals surface area contributed by atoms with Crippen molar-refractivity contribution in [3.8, 4) is 22.9 Å². The molecule has 0 atom stereocenters. The van der Waals surface area contributed by atoms with Gasteiger partial charge in [-0.1, -0.05) is 47.5 Å². The van der Waals surface area contributed by atoms with E-state index in [1.165, 1.54) is 0 Å². The second-order valence-corrected chi connectivity index (χ2v) is 25.2. The zero-order chi connectivity index (χ0) is 57.0. The number of piperidine rings is 2. The summed E-state index contributed by atoms with van der Waals surface area (Å²) < 4.78 is 128. The molecule has 7 heterocycles. The summed E-state index contributed by atoms with van der Waals surface area (Å²) in [5.74, 6) is 1.58. The smallest absolute Gasteiger partial charge is 0.601 e. The van der Waals surface area contributed by atoms with E-state index >= 15 is 0 Å². The molecule has 0 saturated carbocycles. The molecule has 11 rings (SSSR count). The van der Waals surface area contributed by atoms with Gasteiger partial charge in [0.2, 0.25) is 0 Å². The molecule has 3 aromatic heterocycles. The van der Waals surface area contributed by atoms with E-state index in [9.17, 15) is 35.9 Å². The minimum absolute atomic E-state index is 0.261. The van der Waals surface area contributed by atoms with Crippen LogP contribution in [0.1, 0.15) is 84.3 Å². The standard InChI is InChI=1S/C21H25ClN2O3.C20H23ClN2O3.C13H8F3S.CHF3O3S/c1-14-5-8-18-21(26-17-13-15(22)6-7-16(17)24(14)18)9-11-23(12-10-21)19(25)27-20(2,3)4;1-19(2,3)26-18(24)22-11-8-20(9-12-22)17-5-4-10-23(17)15-7-6-14(21)13-16(15)25-20;14-13(15,16)17-11-7-3-1-5-9(11)10-6-2-4-8-12(10)17;2-1(3,4)8(5,6)7/h5-8,13H,9-12H2,1-4H3;4-7,10,13H,8-9,11-12H2,1-3H3;1-8H;(H,5,6,7)/q;;+1;/p-1. The maximum Gasteiger partial charge on any atom is 0.601 e. The highest BCUT2D eigenvalue weighted by atomic mass is 35.5.